The van der Waals surface area contributed by atoms with Gasteiger partial charge in [0.05, 0.1) is 0 Å². The van der Waals surface area contributed by atoms with E-state index in [9.17, 15) is 4.79 Å². The van der Waals surface area contributed by atoms with Gasteiger partial charge >= 0.3 is 0 Å². The van der Waals surface area contributed by atoms with Crippen molar-refractivity contribution >= 4 is 5.91 Å². The van der Waals surface area contributed by atoms with Gasteiger partial charge < -0.3 is 4.90 Å². The summed E-state index contributed by atoms with van der Waals surface area (Å²) in [6.45, 7) is 3.25. The molecule has 0 aromatic heterocycles. The molecule has 0 bridgehead atoms. The van der Waals surface area contributed by atoms with E-state index in [4.69, 9.17) is 0 Å². The van der Waals surface area contributed by atoms with Gasteiger partial charge in [-0.3, -0.25) is 4.79 Å². The van der Waals surface area contributed by atoms with Crippen molar-refractivity contribution in [1.29, 1.82) is 0 Å². The summed E-state index contributed by atoms with van der Waals surface area (Å²) in [5.74, 6) is 0.514. The van der Waals surface area contributed by atoms with Gasteiger partial charge in [0.25, 0.3) is 0 Å². The van der Waals surface area contributed by atoms with E-state index >= 15 is 0 Å². The van der Waals surface area contributed by atoms with Crippen LogP contribution in [0, 0.1) is 0 Å². The zero-order valence-corrected chi connectivity index (χ0v) is 12.3. The third-order valence-corrected chi connectivity index (χ3v) is 4.94. The van der Waals surface area contributed by atoms with Crippen molar-refractivity contribution in [3.05, 3.63) is 70.3 Å². The second kappa shape index (κ2) is 4.73. The molecule has 1 heterocycles. The van der Waals surface area contributed by atoms with Crippen molar-refractivity contribution in [2.24, 2.45) is 0 Å². The van der Waals surface area contributed by atoms with Crippen LogP contribution < -0.4 is 0 Å². The van der Waals surface area contributed by atoms with Gasteiger partial charge in [0.2, 0.25) is 5.91 Å². The number of hydrogen-bond acceptors (Lipinski definition) is 1. The molecule has 0 radical (unpaired) electrons. The average Bonchev–Trinajstić information content (AvgIpc) is 2.67. The summed E-state index contributed by atoms with van der Waals surface area (Å²) in [5.41, 5.74) is 7.14. The van der Waals surface area contributed by atoms with Crippen LogP contribution in [0.4, 0.5) is 0 Å². The lowest BCUT2D eigenvalue weighted by Gasteiger charge is -2.35. The molecule has 1 amide bonds. The minimum absolute atomic E-state index is 0.174. The Balaban J connectivity index is 1.93. The Bertz CT molecular complexity index is 719. The molecule has 21 heavy (non-hydrogen) atoms. The number of carbonyl (C=O) groups excluding carboxylic acids is 1. The summed E-state index contributed by atoms with van der Waals surface area (Å²) < 4.78 is 0. The Hall–Kier alpha value is -2.09. The van der Waals surface area contributed by atoms with E-state index < -0.39 is 0 Å². The lowest BCUT2D eigenvalue weighted by molar-refractivity contribution is -0.129. The maximum Gasteiger partial charge on any atom is 0.219 e. The lowest BCUT2D eigenvalue weighted by Crippen LogP contribution is -2.37. The molecule has 4 rings (SSSR count). The summed E-state index contributed by atoms with van der Waals surface area (Å²) in [7, 11) is 0. The highest BCUT2D eigenvalue weighted by atomic mass is 16.2. The predicted molar refractivity (Wildman–Crippen MR) is 83.2 cm³/mol. The Kier molecular flexibility index (Phi) is 2.85. The number of benzene rings is 2. The molecule has 0 N–H and O–H groups in total. The maximum atomic E-state index is 11.9. The first-order valence-electron chi connectivity index (χ1n) is 7.68. The van der Waals surface area contributed by atoms with E-state index in [0.29, 0.717) is 5.92 Å². The highest BCUT2D eigenvalue weighted by Crippen LogP contribution is 2.40. The fourth-order valence-corrected chi connectivity index (χ4v) is 3.92. The van der Waals surface area contributed by atoms with Crippen LogP contribution in [-0.2, 0) is 24.2 Å². The fraction of sp³-hybridized carbons (Fsp3) is 0.316. The molecule has 2 aliphatic rings. The Morgan fingerprint density at radius 1 is 1.00 bits per heavy atom. The van der Waals surface area contributed by atoms with Crippen LogP contribution in [-0.4, -0.2) is 17.4 Å². The highest BCUT2D eigenvalue weighted by Gasteiger charge is 2.32. The third-order valence-electron chi connectivity index (χ3n) is 4.94. The van der Waals surface area contributed by atoms with E-state index in [-0.39, 0.29) is 5.91 Å². The van der Waals surface area contributed by atoms with Crippen molar-refractivity contribution in [2.45, 2.75) is 32.2 Å². The molecule has 0 saturated carbocycles. The summed E-state index contributed by atoms with van der Waals surface area (Å²) in [6.07, 6.45) is 2.21. The third kappa shape index (κ3) is 1.98. The molecule has 2 aromatic carbocycles. The van der Waals surface area contributed by atoms with Gasteiger partial charge in [0.15, 0.2) is 0 Å². The van der Waals surface area contributed by atoms with Crippen LogP contribution in [0.15, 0.2) is 42.5 Å². The van der Waals surface area contributed by atoms with Gasteiger partial charge in [-0.15, -0.1) is 0 Å². The highest BCUT2D eigenvalue weighted by molar-refractivity contribution is 5.74. The summed E-state index contributed by atoms with van der Waals surface area (Å²) in [5, 5.41) is 0. The first kappa shape index (κ1) is 12.6. The lowest BCUT2D eigenvalue weighted by atomic mass is 9.82. The number of rotatable bonds is 0. The van der Waals surface area contributed by atoms with E-state index in [1.165, 1.54) is 27.8 Å². The van der Waals surface area contributed by atoms with Crippen LogP contribution in [0.3, 0.4) is 0 Å². The summed E-state index contributed by atoms with van der Waals surface area (Å²) in [6, 6.07) is 15.3. The molecule has 1 aliphatic heterocycles. The van der Waals surface area contributed by atoms with Crippen LogP contribution in [0.1, 0.15) is 40.7 Å². The monoisotopic (exact) mass is 277 g/mol. The molecule has 1 unspecified atom stereocenters. The summed E-state index contributed by atoms with van der Waals surface area (Å²) >= 11 is 0. The molecule has 0 fully saturated rings. The van der Waals surface area contributed by atoms with Crippen LogP contribution in [0.5, 0.6) is 0 Å². The predicted octanol–water partition coefficient (Wildman–Crippen LogP) is 3.28. The second-order valence-electron chi connectivity index (χ2n) is 6.14. The SMILES string of the molecule is CC(=O)N1Cc2cccc3c2C(C1)c1ccccc1CC3. The minimum atomic E-state index is 0.174. The zero-order valence-electron chi connectivity index (χ0n) is 12.3. The minimum Gasteiger partial charge on any atom is -0.338 e. The maximum absolute atomic E-state index is 11.9. The van der Waals surface area contributed by atoms with Crippen LogP contribution in [0.2, 0.25) is 0 Å². The normalized spacial score (nSPS) is 19.5. The molecule has 2 nitrogen and oxygen atoms in total. The van der Waals surface area contributed by atoms with Crippen LogP contribution >= 0.6 is 0 Å². The molecular weight excluding hydrogens is 258 g/mol. The Morgan fingerprint density at radius 3 is 2.57 bits per heavy atom. The number of aryl methyl sites for hydroxylation is 2. The topological polar surface area (TPSA) is 20.3 Å². The molecule has 1 aliphatic carbocycles. The number of nitrogens with zero attached hydrogens (tertiary/aromatic N) is 1. The first-order chi connectivity index (χ1) is 10.2. The fourth-order valence-electron chi connectivity index (χ4n) is 3.92. The van der Waals surface area contributed by atoms with Crippen molar-refractivity contribution in [2.75, 3.05) is 6.54 Å². The first-order valence-corrected chi connectivity index (χ1v) is 7.68. The number of carbonyl (C=O) groups is 1. The van der Waals surface area contributed by atoms with Crippen molar-refractivity contribution in [3.8, 4) is 0 Å². The molecule has 0 saturated heterocycles. The largest absolute Gasteiger partial charge is 0.338 e. The van der Waals surface area contributed by atoms with E-state index in [0.717, 1.165) is 25.9 Å². The number of fused-ring (bicyclic) bond motifs is 2. The van der Waals surface area contributed by atoms with Crippen molar-refractivity contribution < 1.29 is 4.79 Å². The van der Waals surface area contributed by atoms with E-state index in [2.05, 4.69) is 42.5 Å². The Labute approximate surface area is 125 Å². The number of amides is 1. The van der Waals surface area contributed by atoms with Gasteiger partial charge in [0, 0.05) is 25.9 Å². The zero-order chi connectivity index (χ0) is 14.4. The number of hydrogen-bond donors (Lipinski definition) is 0. The van der Waals surface area contributed by atoms with Gasteiger partial charge in [-0.2, -0.15) is 0 Å². The van der Waals surface area contributed by atoms with E-state index in [1.54, 1.807) is 6.92 Å². The quantitative estimate of drug-likeness (QED) is 0.723. The van der Waals surface area contributed by atoms with Crippen molar-refractivity contribution in [1.82, 2.24) is 4.90 Å². The molecular formula is C19H19NO. The van der Waals surface area contributed by atoms with Gasteiger partial charge in [-0.05, 0) is 40.7 Å². The van der Waals surface area contributed by atoms with Gasteiger partial charge in [-0.1, -0.05) is 42.5 Å². The smallest absolute Gasteiger partial charge is 0.219 e. The van der Waals surface area contributed by atoms with Crippen LogP contribution in [0.25, 0.3) is 0 Å². The second-order valence-corrected chi connectivity index (χ2v) is 6.14. The standard InChI is InChI=1S/C19H19NO/c1-13(21)20-11-16-7-4-6-15-10-9-14-5-2-3-8-17(14)18(12-20)19(15)16/h2-8,18H,9-12H2,1H3. The van der Waals surface area contributed by atoms with E-state index in [1.807, 2.05) is 4.90 Å². The molecule has 0 spiro atoms. The molecule has 106 valence electrons. The average molecular weight is 277 g/mol. The van der Waals surface area contributed by atoms with Gasteiger partial charge in [-0.25, -0.2) is 0 Å². The van der Waals surface area contributed by atoms with Gasteiger partial charge in [0.1, 0.15) is 0 Å². The molecule has 1 atom stereocenters. The Morgan fingerprint density at radius 2 is 1.71 bits per heavy atom. The summed E-state index contributed by atoms with van der Waals surface area (Å²) in [4.78, 5) is 13.9. The van der Waals surface area contributed by atoms with Crippen molar-refractivity contribution in [3.63, 3.8) is 0 Å². The molecule has 2 heteroatoms. The molecule has 2 aromatic rings.